The molecule has 3 aliphatic heterocycles. The lowest BCUT2D eigenvalue weighted by Gasteiger charge is -2.35. The number of amides is 1. The Balaban J connectivity index is 1.77. The van der Waals surface area contributed by atoms with Crippen molar-refractivity contribution in [3.8, 4) is 0 Å². The average Bonchev–Trinajstić information content (AvgIpc) is 2.66. The smallest absolute Gasteiger partial charge is 0.411 e. The SMILES string of the molecule is O=C(O)N1C=CN2C(C1)NC1CCNCC12. The van der Waals surface area contributed by atoms with Crippen molar-refractivity contribution >= 4 is 6.09 Å². The second-order valence-electron chi connectivity index (χ2n) is 4.53. The van der Waals surface area contributed by atoms with E-state index in [4.69, 9.17) is 5.11 Å². The van der Waals surface area contributed by atoms with E-state index in [1.54, 1.807) is 6.20 Å². The first-order valence-corrected chi connectivity index (χ1v) is 5.68. The molecule has 16 heavy (non-hydrogen) atoms. The average molecular weight is 224 g/mol. The molecule has 3 rings (SSSR count). The van der Waals surface area contributed by atoms with Crippen LogP contribution in [0.25, 0.3) is 0 Å². The highest BCUT2D eigenvalue weighted by atomic mass is 16.4. The summed E-state index contributed by atoms with van der Waals surface area (Å²) < 4.78 is 0. The van der Waals surface area contributed by atoms with Gasteiger partial charge in [0.15, 0.2) is 0 Å². The van der Waals surface area contributed by atoms with Gasteiger partial charge in [0.2, 0.25) is 0 Å². The quantitative estimate of drug-likeness (QED) is 0.513. The molecular formula is C10H16N4O2. The third-order valence-corrected chi connectivity index (χ3v) is 3.63. The minimum Gasteiger partial charge on any atom is -0.465 e. The molecule has 2 saturated heterocycles. The van der Waals surface area contributed by atoms with Gasteiger partial charge in [-0.3, -0.25) is 10.2 Å². The Morgan fingerprint density at radius 3 is 3.12 bits per heavy atom. The van der Waals surface area contributed by atoms with E-state index in [1.165, 1.54) is 4.90 Å². The standard InChI is InChI=1S/C10H16N4O2/c15-10(16)13-3-4-14-8-5-11-2-1-7(8)12-9(14)6-13/h3-4,7-9,11-12H,1-2,5-6H2,(H,15,16). The van der Waals surface area contributed by atoms with Crippen molar-refractivity contribution in [3.63, 3.8) is 0 Å². The number of hydrogen-bond donors (Lipinski definition) is 3. The highest BCUT2D eigenvalue weighted by Crippen LogP contribution is 2.25. The Labute approximate surface area is 93.9 Å². The van der Waals surface area contributed by atoms with Crippen molar-refractivity contribution in [2.24, 2.45) is 0 Å². The van der Waals surface area contributed by atoms with Crippen LogP contribution in [0.3, 0.4) is 0 Å². The molecule has 0 saturated carbocycles. The van der Waals surface area contributed by atoms with Gasteiger partial charge in [-0.1, -0.05) is 0 Å². The number of piperidine rings is 1. The molecule has 6 heteroatoms. The van der Waals surface area contributed by atoms with E-state index in [-0.39, 0.29) is 6.17 Å². The summed E-state index contributed by atoms with van der Waals surface area (Å²) in [6.07, 6.45) is 3.91. The Morgan fingerprint density at radius 1 is 1.44 bits per heavy atom. The lowest BCUT2D eigenvalue weighted by Crippen LogP contribution is -2.50. The molecule has 3 heterocycles. The molecule has 3 atom stereocenters. The van der Waals surface area contributed by atoms with Crippen molar-refractivity contribution in [1.82, 2.24) is 20.4 Å². The molecule has 88 valence electrons. The van der Waals surface area contributed by atoms with Crippen molar-refractivity contribution in [3.05, 3.63) is 12.4 Å². The normalized spacial score (nSPS) is 37.1. The molecular weight excluding hydrogens is 208 g/mol. The molecule has 6 nitrogen and oxygen atoms in total. The maximum Gasteiger partial charge on any atom is 0.411 e. The predicted molar refractivity (Wildman–Crippen MR) is 57.7 cm³/mol. The molecule has 3 aliphatic rings. The minimum atomic E-state index is -0.884. The number of fused-ring (bicyclic) bond motifs is 3. The molecule has 0 aromatic heterocycles. The van der Waals surface area contributed by atoms with Crippen LogP contribution in [0.2, 0.25) is 0 Å². The second-order valence-corrected chi connectivity index (χ2v) is 4.53. The van der Waals surface area contributed by atoms with Crippen molar-refractivity contribution in [2.45, 2.75) is 24.7 Å². The van der Waals surface area contributed by atoms with Crippen LogP contribution in [-0.4, -0.2) is 58.9 Å². The van der Waals surface area contributed by atoms with Crippen LogP contribution >= 0.6 is 0 Å². The highest BCUT2D eigenvalue weighted by molar-refractivity contribution is 5.66. The molecule has 3 N–H and O–H groups in total. The van der Waals surface area contributed by atoms with E-state index in [2.05, 4.69) is 15.5 Å². The van der Waals surface area contributed by atoms with Crippen LogP contribution < -0.4 is 10.6 Å². The van der Waals surface area contributed by atoms with Crippen LogP contribution in [0, 0.1) is 0 Å². The summed E-state index contributed by atoms with van der Waals surface area (Å²) >= 11 is 0. The molecule has 0 aromatic carbocycles. The zero-order valence-electron chi connectivity index (χ0n) is 8.97. The summed E-state index contributed by atoms with van der Waals surface area (Å²) in [7, 11) is 0. The summed E-state index contributed by atoms with van der Waals surface area (Å²) in [5.41, 5.74) is 0. The third kappa shape index (κ3) is 1.45. The van der Waals surface area contributed by atoms with E-state index >= 15 is 0 Å². The number of carboxylic acid groups (broad SMARTS) is 1. The molecule has 0 aliphatic carbocycles. The monoisotopic (exact) mass is 224 g/mol. The minimum absolute atomic E-state index is 0.135. The van der Waals surface area contributed by atoms with Gasteiger partial charge in [-0.25, -0.2) is 4.79 Å². The van der Waals surface area contributed by atoms with Crippen molar-refractivity contribution < 1.29 is 9.90 Å². The van der Waals surface area contributed by atoms with E-state index in [0.717, 1.165) is 19.5 Å². The van der Waals surface area contributed by atoms with Crippen molar-refractivity contribution in [2.75, 3.05) is 19.6 Å². The van der Waals surface area contributed by atoms with Crippen LogP contribution in [0.15, 0.2) is 12.4 Å². The van der Waals surface area contributed by atoms with E-state index in [1.807, 2.05) is 6.20 Å². The van der Waals surface area contributed by atoms with Crippen LogP contribution in [0.1, 0.15) is 6.42 Å². The van der Waals surface area contributed by atoms with Gasteiger partial charge in [-0.15, -0.1) is 0 Å². The fraction of sp³-hybridized carbons (Fsp3) is 0.700. The first-order valence-electron chi connectivity index (χ1n) is 5.68. The molecule has 0 bridgehead atoms. The molecule has 3 unspecified atom stereocenters. The predicted octanol–water partition coefficient (Wildman–Crippen LogP) is -0.587. The zero-order valence-corrected chi connectivity index (χ0v) is 8.97. The first kappa shape index (κ1) is 9.92. The molecule has 0 aromatic rings. The summed E-state index contributed by atoms with van der Waals surface area (Å²) in [6, 6.07) is 0.954. The lowest BCUT2D eigenvalue weighted by molar-refractivity contribution is 0.134. The summed E-state index contributed by atoms with van der Waals surface area (Å²) in [5.74, 6) is 0. The van der Waals surface area contributed by atoms with Gasteiger partial charge in [0, 0.05) is 25.0 Å². The van der Waals surface area contributed by atoms with Gasteiger partial charge in [-0.2, -0.15) is 0 Å². The van der Waals surface area contributed by atoms with Gasteiger partial charge in [0.1, 0.15) is 0 Å². The lowest BCUT2D eigenvalue weighted by atomic mass is 10.0. The van der Waals surface area contributed by atoms with E-state index in [0.29, 0.717) is 18.6 Å². The molecule has 1 amide bonds. The summed E-state index contributed by atoms with van der Waals surface area (Å²) in [5, 5.41) is 15.8. The zero-order chi connectivity index (χ0) is 11.1. The third-order valence-electron chi connectivity index (χ3n) is 3.63. The summed E-state index contributed by atoms with van der Waals surface area (Å²) in [6.45, 7) is 2.53. The Hall–Kier alpha value is -1.27. The fourth-order valence-corrected chi connectivity index (χ4v) is 2.82. The van der Waals surface area contributed by atoms with Gasteiger partial charge < -0.3 is 15.3 Å². The van der Waals surface area contributed by atoms with Crippen LogP contribution in [0.5, 0.6) is 0 Å². The van der Waals surface area contributed by atoms with Crippen molar-refractivity contribution in [1.29, 1.82) is 0 Å². The first-order chi connectivity index (χ1) is 7.75. The number of hydrogen-bond acceptors (Lipinski definition) is 4. The topological polar surface area (TPSA) is 67.8 Å². The largest absolute Gasteiger partial charge is 0.465 e. The van der Waals surface area contributed by atoms with Gasteiger partial charge in [0.05, 0.1) is 18.8 Å². The molecule has 0 spiro atoms. The van der Waals surface area contributed by atoms with E-state index in [9.17, 15) is 4.79 Å². The maximum atomic E-state index is 10.9. The Bertz CT molecular complexity index is 333. The van der Waals surface area contributed by atoms with Crippen LogP contribution in [-0.2, 0) is 0 Å². The van der Waals surface area contributed by atoms with Crippen LogP contribution in [0.4, 0.5) is 4.79 Å². The van der Waals surface area contributed by atoms with E-state index < -0.39 is 6.09 Å². The number of rotatable bonds is 0. The number of nitrogens with one attached hydrogen (secondary N) is 2. The molecule has 2 fully saturated rings. The molecule has 0 radical (unpaired) electrons. The highest BCUT2D eigenvalue weighted by Gasteiger charge is 2.42. The number of nitrogens with zero attached hydrogens (tertiary/aromatic N) is 2. The Kier molecular flexibility index (Phi) is 2.26. The maximum absolute atomic E-state index is 10.9. The van der Waals surface area contributed by atoms with Gasteiger partial charge in [-0.05, 0) is 13.0 Å². The number of carbonyl (C=O) groups is 1. The Morgan fingerprint density at radius 2 is 2.31 bits per heavy atom. The van der Waals surface area contributed by atoms with Gasteiger partial charge >= 0.3 is 6.09 Å². The second kappa shape index (κ2) is 3.64. The van der Waals surface area contributed by atoms with Gasteiger partial charge in [0.25, 0.3) is 0 Å². The fourth-order valence-electron chi connectivity index (χ4n) is 2.82. The summed E-state index contributed by atoms with van der Waals surface area (Å²) in [4.78, 5) is 14.5.